The number of carbonyl (C=O) groups is 1. The van der Waals surface area contributed by atoms with Crippen molar-refractivity contribution in [3.63, 3.8) is 0 Å². The lowest BCUT2D eigenvalue weighted by Gasteiger charge is -2.44. The molecule has 37 heavy (non-hydrogen) atoms. The Balaban J connectivity index is 1.25. The Hall–Kier alpha value is -2.59. The molecule has 0 saturated carbocycles. The Labute approximate surface area is 216 Å². The van der Waals surface area contributed by atoms with Gasteiger partial charge >= 0.3 is 0 Å². The molecular formula is C28H36F2N2O5. The van der Waals surface area contributed by atoms with Gasteiger partial charge in [0, 0.05) is 32.1 Å². The van der Waals surface area contributed by atoms with Crippen molar-refractivity contribution >= 4 is 5.91 Å². The van der Waals surface area contributed by atoms with Crippen LogP contribution in [0.2, 0.25) is 0 Å². The summed E-state index contributed by atoms with van der Waals surface area (Å²) in [6.45, 7) is 2.13. The molecule has 0 aliphatic carbocycles. The zero-order valence-electron chi connectivity index (χ0n) is 21.2. The van der Waals surface area contributed by atoms with E-state index in [2.05, 4.69) is 5.32 Å². The zero-order valence-corrected chi connectivity index (χ0v) is 21.2. The number of aliphatic hydroxyl groups excluding tert-OH is 1. The van der Waals surface area contributed by atoms with Crippen LogP contribution in [0.25, 0.3) is 0 Å². The number of nitrogens with zero attached hydrogens (tertiary/aromatic N) is 1. The molecule has 9 heteroatoms. The molecular weight excluding hydrogens is 482 g/mol. The number of nitrogens with one attached hydrogen (secondary N) is 1. The number of fused-ring (bicyclic) bond motifs is 1. The van der Waals surface area contributed by atoms with Crippen LogP contribution in [0, 0.1) is 0 Å². The molecule has 2 heterocycles. The van der Waals surface area contributed by atoms with Gasteiger partial charge in [-0.15, -0.1) is 0 Å². The number of carbonyl (C=O) groups excluding carboxylic acids is 1. The summed E-state index contributed by atoms with van der Waals surface area (Å²) < 4.78 is 44.6. The number of para-hydroxylation sites is 1. The van der Waals surface area contributed by atoms with Gasteiger partial charge in [0.2, 0.25) is 11.8 Å². The SMILES string of the molecule is CC(F)(F)CCN1C[C@@H](O)COC[C@@H]2O[C@H](CC(=O)NCc3ccc(Oc4ccccc4)cc3)CC[C@@H]21. The third-order valence-electron chi connectivity index (χ3n) is 6.73. The topological polar surface area (TPSA) is 80.3 Å². The van der Waals surface area contributed by atoms with Crippen molar-refractivity contribution in [2.24, 2.45) is 0 Å². The number of rotatable bonds is 9. The minimum absolute atomic E-state index is 0.113. The van der Waals surface area contributed by atoms with Gasteiger partial charge in [-0.05, 0) is 49.6 Å². The fraction of sp³-hybridized carbons (Fsp3) is 0.536. The third kappa shape index (κ3) is 8.74. The molecule has 0 unspecified atom stereocenters. The van der Waals surface area contributed by atoms with Crippen molar-refractivity contribution in [3.8, 4) is 11.5 Å². The minimum atomic E-state index is -2.77. The first-order chi connectivity index (χ1) is 17.7. The van der Waals surface area contributed by atoms with Crippen molar-refractivity contribution < 1.29 is 32.9 Å². The third-order valence-corrected chi connectivity index (χ3v) is 6.73. The zero-order chi connectivity index (χ0) is 26.3. The Morgan fingerprint density at radius 1 is 1.11 bits per heavy atom. The Bertz CT molecular complexity index is 986. The lowest BCUT2D eigenvalue weighted by molar-refractivity contribution is -0.159. The molecule has 0 bridgehead atoms. The van der Waals surface area contributed by atoms with Crippen LogP contribution in [0.1, 0.15) is 38.2 Å². The van der Waals surface area contributed by atoms with Gasteiger partial charge in [0.25, 0.3) is 0 Å². The summed E-state index contributed by atoms with van der Waals surface area (Å²) in [5.41, 5.74) is 0.953. The number of ether oxygens (including phenoxy) is 3. The number of hydrogen-bond donors (Lipinski definition) is 2. The smallest absolute Gasteiger partial charge is 0.246 e. The first kappa shape index (κ1) is 27.4. The van der Waals surface area contributed by atoms with Crippen LogP contribution in [-0.2, 0) is 20.8 Å². The van der Waals surface area contributed by atoms with Crippen LogP contribution in [-0.4, -0.2) is 72.5 Å². The van der Waals surface area contributed by atoms with Crippen LogP contribution >= 0.6 is 0 Å². The number of benzene rings is 2. The van der Waals surface area contributed by atoms with E-state index in [1.807, 2.05) is 59.5 Å². The average molecular weight is 519 g/mol. The first-order valence-electron chi connectivity index (χ1n) is 12.9. The number of alkyl halides is 2. The number of aliphatic hydroxyl groups is 1. The number of β-amino-alcohol motifs (C(OH)–C–C–N with tert-alkyl or cyclic N) is 1. The highest BCUT2D eigenvalue weighted by molar-refractivity contribution is 5.76. The molecule has 2 saturated heterocycles. The molecule has 4 rings (SSSR count). The molecule has 1 amide bonds. The molecule has 7 nitrogen and oxygen atoms in total. The summed E-state index contributed by atoms with van der Waals surface area (Å²) in [5, 5.41) is 13.1. The molecule has 202 valence electrons. The highest BCUT2D eigenvalue weighted by Crippen LogP contribution is 2.29. The van der Waals surface area contributed by atoms with Crippen molar-refractivity contribution in [3.05, 3.63) is 60.2 Å². The van der Waals surface area contributed by atoms with E-state index in [0.717, 1.165) is 24.0 Å². The van der Waals surface area contributed by atoms with E-state index in [4.69, 9.17) is 14.2 Å². The Kier molecular flexibility index (Phi) is 9.48. The molecule has 2 aliphatic rings. The predicted octanol–water partition coefficient (Wildman–Crippen LogP) is 4.14. The molecule has 2 fully saturated rings. The second-order valence-corrected chi connectivity index (χ2v) is 9.99. The number of hydrogen-bond acceptors (Lipinski definition) is 6. The van der Waals surface area contributed by atoms with E-state index in [-0.39, 0.29) is 63.3 Å². The van der Waals surface area contributed by atoms with E-state index in [9.17, 15) is 18.7 Å². The number of amides is 1. The molecule has 0 spiro atoms. The van der Waals surface area contributed by atoms with Crippen molar-refractivity contribution in [1.82, 2.24) is 10.2 Å². The van der Waals surface area contributed by atoms with Gasteiger partial charge in [-0.2, -0.15) is 0 Å². The van der Waals surface area contributed by atoms with Crippen LogP contribution in [0.3, 0.4) is 0 Å². The maximum absolute atomic E-state index is 13.5. The maximum atomic E-state index is 13.5. The van der Waals surface area contributed by atoms with Crippen molar-refractivity contribution in [1.29, 1.82) is 0 Å². The summed E-state index contributed by atoms with van der Waals surface area (Å²) in [6.07, 6.45) is -0.0734. The summed E-state index contributed by atoms with van der Waals surface area (Å²) in [6, 6.07) is 16.9. The van der Waals surface area contributed by atoms with Gasteiger partial charge in [0.15, 0.2) is 0 Å². The second kappa shape index (κ2) is 12.8. The predicted molar refractivity (Wildman–Crippen MR) is 135 cm³/mol. The average Bonchev–Trinajstić information content (AvgIpc) is 2.85. The van der Waals surface area contributed by atoms with Gasteiger partial charge in [-0.25, -0.2) is 8.78 Å². The lowest BCUT2D eigenvalue weighted by Crippen LogP contribution is -2.56. The van der Waals surface area contributed by atoms with E-state index >= 15 is 0 Å². The fourth-order valence-corrected chi connectivity index (χ4v) is 4.82. The molecule has 0 radical (unpaired) electrons. The standard InChI is InChI=1S/C28H36F2N2O5/c1-28(29,30)13-14-32-17-21(33)18-35-19-26-25(32)12-11-24(37-26)15-27(34)31-16-20-7-9-23(10-8-20)36-22-5-3-2-4-6-22/h2-10,21,24-26,33H,11-19H2,1H3,(H,31,34)/t21-,24+,25+,26+/m1/s1. The quantitative estimate of drug-likeness (QED) is 0.520. The molecule has 2 aromatic carbocycles. The maximum Gasteiger partial charge on any atom is 0.246 e. The molecule has 2 aliphatic heterocycles. The van der Waals surface area contributed by atoms with Gasteiger partial charge in [-0.3, -0.25) is 9.69 Å². The van der Waals surface area contributed by atoms with Crippen LogP contribution in [0.4, 0.5) is 8.78 Å². The molecule has 0 aromatic heterocycles. The van der Waals surface area contributed by atoms with E-state index in [1.54, 1.807) is 0 Å². The monoisotopic (exact) mass is 518 g/mol. The van der Waals surface area contributed by atoms with Gasteiger partial charge in [0.1, 0.15) is 11.5 Å². The minimum Gasteiger partial charge on any atom is -0.457 e. The highest BCUT2D eigenvalue weighted by atomic mass is 19.3. The molecule has 4 atom stereocenters. The first-order valence-corrected chi connectivity index (χ1v) is 12.9. The number of halogens is 2. The largest absolute Gasteiger partial charge is 0.457 e. The van der Waals surface area contributed by atoms with Gasteiger partial charge in [0.05, 0.1) is 37.9 Å². The Morgan fingerprint density at radius 2 is 1.84 bits per heavy atom. The van der Waals surface area contributed by atoms with Crippen LogP contribution in [0.15, 0.2) is 54.6 Å². The fourth-order valence-electron chi connectivity index (χ4n) is 4.82. The van der Waals surface area contributed by atoms with E-state index in [0.29, 0.717) is 19.4 Å². The highest BCUT2D eigenvalue weighted by Gasteiger charge is 2.38. The Morgan fingerprint density at radius 3 is 2.57 bits per heavy atom. The van der Waals surface area contributed by atoms with E-state index in [1.165, 1.54) is 0 Å². The summed E-state index contributed by atoms with van der Waals surface area (Å²) in [7, 11) is 0. The lowest BCUT2D eigenvalue weighted by atomic mass is 9.94. The molecule has 2 aromatic rings. The van der Waals surface area contributed by atoms with Crippen molar-refractivity contribution in [2.75, 3.05) is 26.3 Å². The van der Waals surface area contributed by atoms with Gasteiger partial charge < -0.3 is 24.6 Å². The van der Waals surface area contributed by atoms with Crippen molar-refractivity contribution in [2.45, 2.75) is 69.4 Å². The molecule has 2 N–H and O–H groups in total. The van der Waals surface area contributed by atoms with Crippen LogP contribution < -0.4 is 10.1 Å². The van der Waals surface area contributed by atoms with Crippen LogP contribution in [0.5, 0.6) is 11.5 Å². The van der Waals surface area contributed by atoms with Gasteiger partial charge in [-0.1, -0.05) is 30.3 Å². The van der Waals surface area contributed by atoms with E-state index < -0.39 is 12.0 Å². The normalized spacial score (nSPS) is 25.0. The second-order valence-electron chi connectivity index (χ2n) is 9.99. The summed E-state index contributed by atoms with van der Waals surface area (Å²) in [4.78, 5) is 14.5. The summed E-state index contributed by atoms with van der Waals surface area (Å²) >= 11 is 0. The summed E-state index contributed by atoms with van der Waals surface area (Å²) in [5.74, 6) is -1.41.